The zero-order chi connectivity index (χ0) is 11.4. The summed E-state index contributed by atoms with van der Waals surface area (Å²) >= 11 is 0. The van der Waals surface area contributed by atoms with Crippen molar-refractivity contribution < 1.29 is 4.74 Å². The van der Waals surface area contributed by atoms with Gasteiger partial charge in [-0.1, -0.05) is 0 Å². The van der Waals surface area contributed by atoms with Crippen LogP contribution in [0.15, 0.2) is 36.7 Å². The molecule has 0 radical (unpaired) electrons. The van der Waals surface area contributed by atoms with Gasteiger partial charge in [-0.3, -0.25) is 4.68 Å². The summed E-state index contributed by atoms with van der Waals surface area (Å²) in [6.45, 7) is 0.548. The van der Waals surface area contributed by atoms with Crippen LogP contribution in [0.5, 0.6) is 5.75 Å². The van der Waals surface area contributed by atoms with E-state index in [1.165, 1.54) is 0 Å². The summed E-state index contributed by atoms with van der Waals surface area (Å²) in [7, 11) is 3.79. The maximum Gasteiger partial charge on any atom is 0.119 e. The van der Waals surface area contributed by atoms with E-state index in [1.54, 1.807) is 4.68 Å². The summed E-state index contributed by atoms with van der Waals surface area (Å²) in [5.41, 5.74) is 2.15. The van der Waals surface area contributed by atoms with Gasteiger partial charge in [-0.05, 0) is 24.3 Å². The maximum atomic E-state index is 5.62. The van der Waals surface area contributed by atoms with E-state index >= 15 is 0 Å². The third kappa shape index (κ3) is 2.53. The summed E-state index contributed by atoms with van der Waals surface area (Å²) in [6, 6.07) is 7.86. The molecule has 4 heteroatoms. The highest BCUT2D eigenvalue weighted by Gasteiger charge is 1.98. The zero-order valence-corrected chi connectivity index (χ0v) is 9.47. The molecule has 0 spiro atoms. The molecule has 1 heterocycles. The smallest absolute Gasteiger partial charge is 0.119 e. The second kappa shape index (κ2) is 4.70. The largest absolute Gasteiger partial charge is 0.489 e. The van der Waals surface area contributed by atoms with Crippen molar-refractivity contribution >= 4 is 5.69 Å². The first-order valence-electron chi connectivity index (χ1n) is 5.16. The lowest BCUT2D eigenvalue weighted by Gasteiger charge is -2.05. The van der Waals surface area contributed by atoms with Gasteiger partial charge < -0.3 is 10.1 Å². The highest BCUT2D eigenvalue weighted by molar-refractivity contribution is 5.45. The lowest BCUT2D eigenvalue weighted by atomic mass is 10.3. The van der Waals surface area contributed by atoms with E-state index in [2.05, 4.69) is 10.4 Å². The fraction of sp³-hybridized carbons (Fsp3) is 0.250. The maximum absolute atomic E-state index is 5.62. The van der Waals surface area contributed by atoms with Gasteiger partial charge in [0.2, 0.25) is 0 Å². The van der Waals surface area contributed by atoms with Crippen molar-refractivity contribution in [3.8, 4) is 5.75 Å². The van der Waals surface area contributed by atoms with E-state index in [1.807, 2.05) is 50.8 Å². The van der Waals surface area contributed by atoms with Crippen molar-refractivity contribution in [3.05, 3.63) is 42.2 Å². The lowest BCUT2D eigenvalue weighted by molar-refractivity contribution is 0.306. The van der Waals surface area contributed by atoms with Crippen LogP contribution >= 0.6 is 0 Å². The second-order valence-corrected chi connectivity index (χ2v) is 3.59. The van der Waals surface area contributed by atoms with Crippen molar-refractivity contribution in [1.29, 1.82) is 0 Å². The SMILES string of the molecule is CNc1ccc(OCc2cnn(C)c2)cc1. The molecule has 0 saturated heterocycles. The number of benzene rings is 1. The summed E-state index contributed by atoms with van der Waals surface area (Å²) in [4.78, 5) is 0. The Balaban J connectivity index is 1.94. The van der Waals surface area contributed by atoms with Crippen LogP contribution in [-0.4, -0.2) is 16.8 Å². The number of hydrogen-bond acceptors (Lipinski definition) is 3. The molecular weight excluding hydrogens is 202 g/mol. The van der Waals surface area contributed by atoms with Gasteiger partial charge in [0.25, 0.3) is 0 Å². The minimum atomic E-state index is 0.548. The first-order chi connectivity index (χ1) is 7.78. The molecule has 0 atom stereocenters. The minimum Gasteiger partial charge on any atom is -0.489 e. The van der Waals surface area contributed by atoms with E-state index < -0.39 is 0 Å². The van der Waals surface area contributed by atoms with Gasteiger partial charge in [0.05, 0.1) is 6.20 Å². The van der Waals surface area contributed by atoms with Crippen molar-refractivity contribution in [2.24, 2.45) is 7.05 Å². The molecule has 2 rings (SSSR count). The topological polar surface area (TPSA) is 39.1 Å². The van der Waals surface area contributed by atoms with Crippen LogP contribution in [0, 0.1) is 0 Å². The molecule has 0 unspecified atom stereocenters. The Bertz CT molecular complexity index is 448. The van der Waals surface area contributed by atoms with Crippen molar-refractivity contribution in [2.45, 2.75) is 6.61 Å². The van der Waals surface area contributed by atoms with Crippen LogP contribution in [0.3, 0.4) is 0 Å². The van der Waals surface area contributed by atoms with Gasteiger partial charge in [-0.15, -0.1) is 0 Å². The zero-order valence-electron chi connectivity index (χ0n) is 9.47. The third-order valence-corrected chi connectivity index (χ3v) is 2.31. The molecule has 84 valence electrons. The molecular formula is C12H15N3O. The molecule has 0 aliphatic carbocycles. The van der Waals surface area contributed by atoms with E-state index in [0.29, 0.717) is 6.61 Å². The predicted molar refractivity (Wildman–Crippen MR) is 63.5 cm³/mol. The van der Waals surface area contributed by atoms with E-state index in [9.17, 15) is 0 Å². The number of aryl methyl sites for hydroxylation is 1. The molecule has 0 aliphatic rings. The quantitative estimate of drug-likeness (QED) is 0.851. The van der Waals surface area contributed by atoms with Gasteiger partial charge in [0.15, 0.2) is 0 Å². The average Bonchev–Trinajstić information content (AvgIpc) is 2.73. The Kier molecular flexibility index (Phi) is 3.10. The predicted octanol–water partition coefficient (Wildman–Crippen LogP) is 2.04. The monoisotopic (exact) mass is 217 g/mol. The van der Waals surface area contributed by atoms with Crippen LogP contribution in [0.2, 0.25) is 0 Å². The molecule has 0 aliphatic heterocycles. The third-order valence-electron chi connectivity index (χ3n) is 2.31. The van der Waals surface area contributed by atoms with Crippen LogP contribution in [-0.2, 0) is 13.7 Å². The van der Waals surface area contributed by atoms with Crippen molar-refractivity contribution in [2.75, 3.05) is 12.4 Å². The average molecular weight is 217 g/mol. The van der Waals surface area contributed by atoms with Gasteiger partial charge in [0, 0.05) is 31.5 Å². The molecule has 2 aromatic rings. The molecule has 1 aromatic carbocycles. The lowest BCUT2D eigenvalue weighted by Crippen LogP contribution is -1.94. The first-order valence-corrected chi connectivity index (χ1v) is 5.16. The van der Waals surface area contributed by atoms with E-state index in [0.717, 1.165) is 17.0 Å². The second-order valence-electron chi connectivity index (χ2n) is 3.59. The van der Waals surface area contributed by atoms with Crippen molar-refractivity contribution in [1.82, 2.24) is 9.78 Å². The van der Waals surface area contributed by atoms with E-state index in [-0.39, 0.29) is 0 Å². The highest BCUT2D eigenvalue weighted by Crippen LogP contribution is 2.16. The van der Waals surface area contributed by atoms with Gasteiger partial charge >= 0.3 is 0 Å². The Morgan fingerprint density at radius 1 is 1.31 bits per heavy atom. The number of rotatable bonds is 4. The highest BCUT2D eigenvalue weighted by atomic mass is 16.5. The number of hydrogen-bond donors (Lipinski definition) is 1. The molecule has 1 aromatic heterocycles. The minimum absolute atomic E-state index is 0.548. The molecule has 4 nitrogen and oxygen atoms in total. The molecule has 0 bridgehead atoms. The molecule has 0 fully saturated rings. The summed E-state index contributed by atoms with van der Waals surface area (Å²) in [5.74, 6) is 0.864. The van der Waals surface area contributed by atoms with E-state index in [4.69, 9.17) is 4.74 Å². The van der Waals surface area contributed by atoms with Gasteiger partial charge in [-0.25, -0.2) is 0 Å². The number of anilines is 1. The molecule has 0 amide bonds. The standard InChI is InChI=1S/C12H15N3O/c1-13-11-3-5-12(6-4-11)16-9-10-7-14-15(2)8-10/h3-8,13H,9H2,1-2H3. The molecule has 0 saturated carbocycles. The summed E-state index contributed by atoms with van der Waals surface area (Å²) in [6.07, 6.45) is 3.75. The Labute approximate surface area is 94.9 Å². The van der Waals surface area contributed by atoms with Gasteiger partial charge in [-0.2, -0.15) is 5.10 Å². The first kappa shape index (κ1) is 10.5. The fourth-order valence-electron chi connectivity index (χ4n) is 1.43. The van der Waals surface area contributed by atoms with Crippen molar-refractivity contribution in [3.63, 3.8) is 0 Å². The number of ether oxygens (including phenoxy) is 1. The number of nitrogens with zero attached hydrogens (tertiary/aromatic N) is 2. The molecule has 16 heavy (non-hydrogen) atoms. The summed E-state index contributed by atoms with van der Waals surface area (Å²) in [5, 5.41) is 7.15. The van der Waals surface area contributed by atoms with Crippen LogP contribution in [0.25, 0.3) is 0 Å². The number of nitrogens with one attached hydrogen (secondary N) is 1. The van der Waals surface area contributed by atoms with Crippen LogP contribution < -0.4 is 10.1 Å². The Hall–Kier alpha value is -1.97. The molecule has 1 N–H and O–H groups in total. The van der Waals surface area contributed by atoms with Crippen LogP contribution in [0.1, 0.15) is 5.56 Å². The number of aromatic nitrogens is 2. The van der Waals surface area contributed by atoms with Gasteiger partial charge in [0.1, 0.15) is 12.4 Å². The fourth-order valence-corrected chi connectivity index (χ4v) is 1.43. The Morgan fingerprint density at radius 3 is 2.62 bits per heavy atom. The van der Waals surface area contributed by atoms with Crippen LogP contribution in [0.4, 0.5) is 5.69 Å². The Morgan fingerprint density at radius 2 is 2.06 bits per heavy atom. The summed E-state index contributed by atoms with van der Waals surface area (Å²) < 4.78 is 7.39. The normalized spacial score (nSPS) is 10.1.